The largest absolute Gasteiger partial charge is 0.362 e. The van der Waals surface area contributed by atoms with Gasteiger partial charge in [-0.05, 0) is 56.1 Å². The standard InChI is InChI=1S/C18H27NOS.C11H13N3.2C2H6/c20-18(19-14-16-9-6-4-7-10-16)13-17-11-5-2-1-3-8-12-21-15-17;1-8-12-10-7-5-4-6-9(10)11(13-8)14(2)3;2*1-2/h2-3,5,8,15-16H,1,4,6-7,9-14H2,(H,19,20);4-7H,1-3H3;2*1-2H3/b5-2-,8-3-,17-15+;;;. The minimum absolute atomic E-state index is 0.188. The summed E-state index contributed by atoms with van der Waals surface area (Å²) >= 11 is 1.79. The molecule has 0 bridgehead atoms. The second-order valence-electron chi connectivity index (χ2n) is 9.48. The molecule has 0 saturated heterocycles. The maximum absolute atomic E-state index is 12.1. The summed E-state index contributed by atoms with van der Waals surface area (Å²) in [5.74, 6) is 3.69. The molecule has 1 N–H and O–H groups in total. The van der Waals surface area contributed by atoms with Crippen LogP contribution in [-0.2, 0) is 4.79 Å². The summed E-state index contributed by atoms with van der Waals surface area (Å²) in [5, 5.41) is 6.40. The molecule has 1 aliphatic carbocycles. The molecule has 6 heteroatoms. The SMILES string of the molecule is CC.CC.Cc1nc(N(C)C)c2ccccc2n1.O=C(C/C1=C/SC/C=C\C/C=C\C1)NCC1CCCCC1. The van der Waals surface area contributed by atoms with Gasteiger partial charge >= 0.3 is 0 Å². The van der Waals surface area contributed by atoms with Crippen molar-refractivity contribution in [3.63, 3.8) is 0 Å². The second kappa shape index (κ2) is 21.2. The highest BCUT2D eigenvalue weighted by Gasteiger charge is 2.14. The predicted molar refractivity (Wildman–Crippen MR) is 174 cm³/mol. The fraction of sp³-hybridized carbons (Fsp3) is 0.545. The molecule has 2 aliphatic rings. The first-order valence-corrected chi connectivity index (χ1v) is 15.8. The summed E-state index contributed by atoms with van der Waals surface area (Å²) < 4.78 is 0. The third-order valence-corrected chi connectivity index (χ3v) is 7.13. The Kier molecular flexibility index (Phi) is 18.8. The number of nitrogens with one attached hydrogen (secondary N) is 1. The number of allylic oxidation sites excluding steroid dienone is 3. The van der Waals surface area contributed by atoms with Crippen molar-refractivity contribution in [1.29, 1.82) is 0 Å². The van der Waals surface area contributed by atoms with Crippen molar-refractivity contribution in [2.45, 2.75) is 86.0 Å². The van der Waals surface area contributed by atoms with Crippen molar-refractivity contribution >= 4 is 34.4 Å². The number of aromatic nitrogens is 2. The number of rotatable bonds is 5. The number of benzene rings is 1. The zero-order valence-electron chi connectivity index (χ0n) is 25.5. The van der Waals surface area contributed by atoms with Crippen LogP contribution in [0.4, 0.5) is 5.82 Å². The van der Waals surface area contributed by atoms with E-state index in [0.717, 1.165) is 47.7 Å². The van der Waals surface area contributed by atoms with Gasteiger partial charge in [-0.1, -0.05) is 89.0 Å². The van der Waals surface area contributed by atoms with Gasteiger partial charge in [0.15, 0.2) is 0 Å². The van der Waals surface area contributed by atoms with Gasteiger partial charge in [0.2, 0.25) is 5.91 Å². The lowest BCUT2D eigenvalue weighted by atomic mass is 9.89. The van der Waals surface area contributed by atoms with E-state index in [1.807, 2.05) is 77.9 Å². The topological polar surface area (TPSA) is 58.1 Å². The molecule has 0 atom stereocenters. The van der Waals surface area contributed by atoms with Crippen molar-refractivity contribution in [3.05, 3.63) is 65.4 Å². The molecule has 2 aromatic rings. The average Bonchev–Trinajstić information content (AvgIpc) is 2.98. The Bertz CT molecular complexity index is 1040. The zero-order chi connectivity index (χ0) is 28.9. The molecule has 216 valence electrons. The van der Waals surface area contributed by atoms with E-state index in [1.54, 1.807) is 11.8 Å². The third kappa shape index (κ3) is 13.8. The van der Waals surface area contributed by atoms with E-state index in [2.05, 4.69) is 45.0 Å². The lowest BCUT2D eigenvalue weighted by Crippen LogP contribution is -2.30. The fourth-order valence-corrected chi connectivity index (χ4v) is 5.15. The summed E-state index contributed by atoms with van der Waals surface area (Å²) in [6.07, 6.45) is 17.8. The van der Waals surface area contributed by atoms with Gasteiger partial charge in [-0.2, -0.15) is 0 Å². The Labute approximate surface area is 242 Å². The molecular formula is C33H52N4OS. The predicted octanol–water partition coefficient (Wildman–Crippen LogP) is 8.65. The Morgan fingerprint density at radius 1 is 0.974 bits per heavy atom. The highest BCUT2D eigenvalue weighted by Crippen LogP contribution is 2.23. The van der Waals surface area contributed by atoms with Gasteiger partial charge < -0.3 is 10.2 Å². The number of aryl methyl sites for hydroxylation is 1. The third-order valence-electron chi connectivity index (χ3n) is 6.25. The van der Waals surface area contributed by atoms with Crippen molar-refractivity contribution < 1.29 is 4.79 Å². The van der Waals surface area contributed by atoms with Crippen LogP contribution < -0.4 is 10.2 Å². The lowest BCUT2D eigenvalue weighted by molar-refractivity contribution is -0.120. The summed E-state index contributed by atoms with van der Waals surface area (Å²) in [6, 6.07) is 8.06. The molecule has 1 saturated carbocycles. The van der Waals surface area contributed by atoms with Crippen LogP contribution in [0, 0.1) is 12.8 Å². The first-order valence-electron chi connectivity index (χ1n) is 14.8. The zero-order valence-corrected chi connectivity index (χ0v) is 26.3. The molecule has 0 unspecified atom stereocenters. The molecule has 39 heavy (non-hydrogen) atoms. The van der Waals surface area contributed by atoms with Crippen molar-refractivity contribution in [2.75, 3.05) is 31.3 Å². The van der Waals surface area contributed by atoms with Crippen LogP contribution in [-0.4, -0.2) is 42.3 Å². The van der Waals surface area contributed by atoms with Gasteiger partial charge in [0.25, 0.3) is 0 Å². The van der Waals surface area contributed by atoms with Gasteiger partial charge in [0.1, 0.15) is 11.6 Å². The number of hydrogen-bond acceptors (Lipinski definition) is 5. The average molecular weight is 553 g/mol. The molecule has 1 fully saturated rings. The molecule has 1 amide bonds. The number of carbonyl (C=O) groups excluding carboxylic acids is 1. The van der Waals surface area contributed by atoms with Crippen LogP contribution in [0.15, 0.2) is 59.6 Å². The summed E-state index contributed by atoms with van der Waals surface area (Å²) in [6.45, 7) is 10.8. The minimum Gasteiger partial charge on any atom is -0.362 e. The Balaban J connectivity index is 0.000000366. The van der Waals surface area contributed by atoms with Crippen LogP contribution >= 0.6 is 11.8 Å². The van der Waals surface area contributed by atoms with E-state index in [4.69, 9.17) is 0 Å². The molecule has 0 spiro atoms. The monoisotopic (exact) mass is 552 g/mol. The van der Waals surface area contributed by atoms with Gasteiger partial charge in [-0.25, -0.2) is 9.97 Å². The summed E-state index contributed by atoms with van der Waals surface area (Å²) in [4.78, 5) is 22.9. The van der Waals surface area contributed by atoms with Gasteiger partial charge in [-0.3, -0.25) is 4.79 Å². The summed E-state index contributed by atoms with van der Waals surface area (Å²) in [7, 11) is 3.99. The first-order chi connectivity index (χ1) is 19.0. The quantitative estimate of drug-likeness (QED) is 0.376. The summed E-state index contributed by atoms with van der Waals surface area (Å²) in [5.41, 5.74) is 2.23. The second-order valence-corrected chi connectivity index (χ2v) is 10.4. The molecule has 0 radical (unpaired) electrons. The van der Waals surface area contributed by atoms with E-state index in [-0.39, 0.29) is 5.91 Å². The molecule has 1 aromatic carbocycles. The number of anilines is 1. The van der Waals surface area contributed by atoms with Gasteiger partial charge in [0.05, 0.1) is 5.52 Å². The number of amides is 1. The normalized spacial score (nSPS) is 18.3. The van der Waals surface area contributed by atoms with Crippen LogP contribution in [0.5, 0.6) is 0 Å². The smallest absolute Gasteiger partial charge is 0.224 e. The minimum atomic E-state index is 0.188. The first kappa shape index (κ1) is 34.4. The molecule has 4 rings (SSSR count). The van der Waals surface area contributed by atoms with Crippen LogP contribution in [0.2, 0.25) is 0 Å². The molecule has 1 aromatic heterocycles. The Morgan fingerprint density at radius 3 is 2.38 bits per heavy atom. The van der Waals surface area contributed by atoms with E-state index >= 15 is 0 Å². The number of para-hydroxylation sites is 1. The van der Waals surface area contributed by atoms with E-state index in [1.165, 1.54) is 37.7 Å². The van der Waals surface area contributed by atoms with Crippen LogP contribution in [0.3, 0.4) is 0 Å². The Morgan fingerprint density at radius 2 is 1.67 bits per heavy atom. The molecular weight excluding hydrogens is 500 g/mol. The molecule has 5 nitrogen and oxygen atoms in total. The van der Waals surface area contributed by atoms with Crippen molar-refractivity contribution in [3.8, 4) is 0 Å². The molecule has 2 heterocycles. The number of fused-ring (bicyclic) bond motifs is 1. The van der Waals surface area contributed by atoms with Crippen LogP contribution in [0.1, 0.15) is 84.9 Å². The molecule has 1 aliphatic heterocycles. The number of nitrogens with zero attached hydrogens (tertiary/aromatic N) is 3. The van der Waals surface area contributed by atoms with Gasteiger partial charge in [0, 0.05) is 38.2 Å². The maximum atomic E-state index is 12.1. The van der Waals surface area contributed by atoms with E-state index in [0.29, 0.717) is 12.3 Å². The maximum Gasteiger partial charge on any atom is 0.224 e. The number of carbonyl (C=O) groups is 1. The van der Waals surface area contributed by atoms with E-state index < -0.39 is 0 Å². The van der Waals surface area contributed by atoms with Crippen molar-refractivity contribution in [2.24, 2.45) is 5.92 Å². The fourth-order valence-electron chi connectivity index (χ4n) is 4.39. The highest BCUT2D eigenvalue weighted by atomic mass is 32.2. The lowest BCUT2D eigenvalue weighted by Gasteiger charge is -2.21. The Hall–Kier alpha value is -2.60. The number of thioether (sulfide) groups is 1. The highest BCUT2D eigenvalue weighted by molar-refractivity contribution is 8.02. The number of hydrogen-bond donors (Lipinski definition) is 1. The van der Waals surface area contributed by atoms with Crippen LogP contribution in [0.25, 0.3) is 10.9 Å². The van der Waals surface area contributed by atoms with E-state index in [9.17, 15) is 4.79 Å². The van der Waals surface area contributed by atoms with Crippen molar-refractivity contribution in [1.82, 2.24) is 15.3 Å². The van der Waals surface area contributed by atoms with Gasteiger partial charge in [-0.15, -0.1) is 11.8 Å².